The average Bonchev–Trinajstić information content (AvgIpc) is 2.40. The Bertz CT molecular complexity index is 733. The molecule has 0 atom stereocenters. The largest absolute Gasteiger partial charge is 0.399 e. The second-order valence-electron chi connectivity index (χ2n) is 4.06. The van der Waals surface area contributed by atoms with Crippen molar-refractivity contribution in [1.82, 2.24) is 0 Å². The summed E-state index contributed by atoms with van der Waals surface area (Å²) in [7, 11) is 0. The average molecular weight is 384 g/mol. The van der Waals surface area contributed by atoms with Gasteiger partial charge in [-0.3, -0.25) is 4.79 Å². The quantitative estimate of drug-likeness (QED) is 0.509. The fraction of sp³-hybridized carbons (Fsp3) is 0. The van der Waals surface area contributed by atoms with Gasteiger partial charge >= 0.3 is 0 Å². The molecule has 0 aliphatic carbocycles. The molecule has 2 aromatic carbocycles. The van der Waals surface area contributed by atoms with Crippen LogP contribution in [0.5, 0.6) is 0 Å². The highest BCUT2D eigenvalue weighted by Crippen LogP contribution is 2.34. The molecule has 3 N–H and O–H groups in total. The SMILES string of the molecule is Nc1cc(Cl)c(Cl)c(C(=O)Nc2cc(Cl)c(Cl)cc2Cl)c1. The normalized spacial score (nSPS) is 10.5. The van der Waals surface area contributed by atoms with Crippen molar-refractivity contribution in [2.45, 2.75) is 0 Å². The molecule has 2 rings (SSSR count). The summed E-state index contributed by atoms with van der Waals surface area (Å²) in [5.41, 5.74) is 6.39. The van der Waals surface area contributed by atoms with Crippen LogP contribution in [0.4, 0.5) is 11.4 Å². The topological polar surface area (TPSA) is 55.1 Å². The second-order valence-corrected chi connectivity index (χ2v) is 6.07. The highest BCUT2D eigenvalue weighted by Gasteiger charge is 2.16. The third-order valence-corrected chi connectivity index (χ3v) is 4.39. The summed E-state index contributed by atoms with van der Waals surface area (Å²) in [6, 6.07) is 5.72. The number of halogens is 5. The van der Waals surface area contributed by atoms with E-state index in [1.54, 1.807) is 0 Å². The van der Waals surface area contributed by atoms with Crippen LogP contribution in [0.2, 0.25) is 25.1 Å². The first-order chi connectivity index (χ1) is 9.79. The lowest BCUT2D eigenvalue weighted by Gasteiger charge is -2.11. The molecule has 8 heteroatoms. The third kappa shape index (κ3) is 3.68. The number of carbonyl (C=O) groups excluding carboxylic acids is 1. The minimum Gasteiger partial charge on any atom is -0.399 e. The molecular formula is C13H7Cl5N2O. The Kier molecular flexibility index (Phi) is 5.12. The lowest BCUT2D eigenvalue weighted by atomic mass is 10.2. The maximum Gasteiger partial charge on any atom is 0.257 e. The number of nitrogens with one attached hydrogen (secondary N) is 1. The number of rotatable bonds is 2. The molecule has 0 unspecified atom stereocenters. The lowest BCUT2D eigenvalue weighted by Crippen LogP contribution is -2.13. The van der Waals surface area contributed by atoms with Crippen molar-refractivity contribution in [2.75, 3.05) is 11.1 Å². The molecule has 2 aromatic rings. The van der Waals surface area contributed by atoms with E-state index in [-0.39, 0.29) is 30.7 Å². The Labute approximate surface area is 145 Å². The van der Waals surface area contributed by atoms with E-state index < -0.39 is 5.91 Å². The number of nitrogens with two attached hydrogens (primary N) is 1. The molecule has 21 heavy (non-hydrogen) atoms. The molecule has 0 saturated heterocycles. The van der Waals surface area contributed by atoms with E-state index in [0.29, 0.717) is 11.4 Å². The molecule has 110 valence electrons. The van der Waals surface area contributed by atoms with Gasteiger partial charge in [0.2, 0.25) is 0 Å². The maximum atomic E-state index is 12.2. The first-order valence-electron chi connectivity index (χ1n) is 5.50. The zero-order chi connectivity index (χ0) is 15.7. The molecule has 0 heterocycles. The van der Waals surface area contributed by atoms with Crippen molar-refractivity contribution in [3.63, 3.8) is 0 Å². The van der Waals surface area contributed by atoms with Gasteiger partial charge in [-0.2, -0.15) is 0 Å². The Morgan fingerprint density at radius 3 is 2.14 bits per heavy atom. The van der Waals surface area contributed by atoms with Crippen LogP contribution in [-0.4, -0.2) is 5.91 Å². The van der Waals surface area contributed by atoms with E-state index in [1.807, 2.05) is 0 Å². The van der Waals surface area contributed by atoms with Gasteiger partial charge in [0, 0.05) is 5.69 Å². The van der Waals surface area contributed by atoms with E-state index in [0.717, 1.165) is 0 Å². The zero-order valence-corrected chi connectivity index (χ0v) is 14.0. The fourth-order valence-electron chi connectivity index (χ4n) is 1.58. The first kappa shape index (κ1) is 16.5. The van der Waals surface area contributed by atoms with Crippen molar-refractivity contribution >= 4 is 75.3 Å². The number of carbonyl (C=O) groups is 1. The molecule has 0 spiro atoms. The van der Waals surface area contributed by atoms with Crippen molar-refractivity contribution in [3.05, 3.63) is 54.9 Å². The van der Waals surface area contributed by atoms with E-state index >= 15 is 0 Å². The minimum absolute atomic E-state index is 0.0968. The molecule has 0 fully saturated rings. The van der Waals surface area contributed by atoms with Gasteiger partial charge in [0.15, 0.2) is 0 Å². The maximum absolute atomic E-state index is 12.2. The fourth-order valence-corrected chi connectivity index (χ4v) is 2.60. The van der Waals surface area contributed by atoms with Gasteiger partial charge < -0.3 is 11.1 Å². The summed E-state index contributed by atoms with van der Waals surface area (Å²) in [6.45, 7) is 0. The van der Waals surface area contributed by atoms with Crippen molar-refractivity contribution in [3.8, 4) is 0 Å². The Morgan fingerprint density at radius 1 is 0.857 bits per heavy atom. The Hall–Kier alpha value is -0.840. The van der Waals surface area contributed by atoms with Crippen LogP contribution >= 0.6 is 58.0 Å². The van der Waals surface area contributed by atoms with Gasteiger partial charge in [0.1, 0.15) is 0 Å². The van der Waals surface area contributed by atoms with Crippen LogP contribution in [0.25, 0.3) is 0 Å². The molecule has 1 amide bonds. The second kappa shape index (κ2) is 6.51. The van der Waals surface area contributed by atoms with Gasteiger partial charge in [0.25, 0.3) is 5.91 Å². The number of anilines is 2. The highest BCUT2D eigenvalue weighted by molar-refractivity contribution is 6.45. The summed E-state index contributed by atoms with van der Waals surface area (Å²) < 4.78 is 0. The van der Waals surface area contributed by atoms with Gasteiger partial charge in [-0.25, -0.2) is 0 Å². The monoisotopic (exact) mass is 382 g/mol. The molecule has 0 aromatic heterocycles. The first-order valence-corrected chi connectivity index (χ1v) is 7.39. The molecule has 0 aliphatic heterocycles. The third-order valence-electron chi connectivity index (χ3n) is 2.55. The smallest absolute Gasteiger partial charge is 0.257 e. The standard InChI is InChI=1S/C13H7Cl5N2O/c14-7-3-9(16)11(4-8(7)15)20-13(21)6-1-5(19)2-10(17)12(6)18/h1-4H,19H2,(H,20,21). The van der Waals surface area contributed by atoms with Crippen molar-refractivity contribution in [2.24, 2.45) is 0 Å². The summed E-state index contributed by atoms with van der Waals surface area (Å²) in [6.07, 6.45) is 0. The van der Waals surface area contributed by atoms with E-state index in [4.69, 9.17) is 63.7 Å². The van der Waals surface area contributed by atoms with Crippen LogP contribution in [-0.2, 0) is 0 Å². The van der Waals surface area contributed by atoms with Crippen LogP contribution < -0.4 is 11.1 Å². The van der Waals surface area contributed by atoms with Crippen LogP contribution in [0.1, 0.15) is 10.4 Å². The summed E-state index contributed by atoms with van der Waals surface area (Å²) in [4.78, 5) is 12.2. The predicted octanol–water partition coefficient (Wildman–Crippen LogP) is 5.79. The summed E-state index contributed by atoms with van der Waals surface area (Å²) in [5, 5.41) is 3.64. The number of nitrogen functional groups attached to an aromatic ring is 1. The van der Waals surface area contributed by atoms with E-state index in [9.17, 15) is 4.79 Å². The molecule has 0 aliphatic rings. The van der Waals surface area contributed by atoms with Gasteiger partial charge in [-0.1, -0.05) is 58.0 Å². The highest BCUT2D eigenvalue weighted by atomic mass is 35.5. The van der Waals surface area contributed by atoms with Gasteiger partial charge in [-0.05, 0) is 24.3 Å². The number of benzene rings is 2. The number of hydrogen-bond donors (Lipinski definition) is 2. The molecule has 3 nitrogen and oxygen atoms in total. The summed E-state index contributed by atoms with van der Waals surface area (Å²) in [5.74, 6) is -0.519. The Balaban J connectivity index is 2.37. The van der Waals surface area contributed by atoms with Crippen LogP contribution in [0.15, 0.2) is 24.3 Å². The van der Waals surface area contributed by atoms with Crippen molar-refractivity contribution in [1.29, 1.82) is 0 Å². The lowest BCUT2D eigenvalue weighted by molar-refractivity contribution is 0.102. The molecule has 0 saturated carbocycles. The number of hydrogen-bond acceptors (Lipinski definition) is 2. The molecule has 0 radical (unpaired) electrons. The minimum atomic E-state index is -0.519. The van der Waals surface area contributed by atoms with Crippen LogP contribution in [0, 0.1) is 0 Å². The van der Waals surface area contributed by atoms with Crippen LogP contribution in [0.3, 0.4) is 0 Å². The Morgan fingerprint density at radius 2 is 1.48 bits per heavy atom. The predicted molar refractivity (Wildman–Crippen MR) is 90.3 cm³/mol. The number of amides is 1. The van der Waals surface area contributed by atoms with E-state index in [1.165, 1.54) is 24.3 Å². The van der Waals surface area contributed by atoms with Gasteiger partial charge in [-0.15, -0.1) is 0 Å². The summed E-state index contributed by atoms with van der Waals surface area (Å²) >= 11 is 29.6. The van der Waals surface area contributed by atoms with Crippen molar-refractivity contribution < 1.29 is 4.79 Å². The van der Waals surface area contributed by atoms with E-state index in [2.05, 4.69) is 5.32 Å². The molecule has 0 bridgehead atoms. The zero-order valence-electron chi connectivity index (χ0n) is 10.2. The molecular weight excluding hydrogens is 377 g/mol. The van der Waals surface area contributed by atoms with Gasteiger partial charge in [0.05, 0.1) is 36.4 Å².